The lowest BCUT2D eigenvalue weighted by atomic mass is 9.65. The number of ether oxygens (including phenoxy) is 1. The summed E-state index contributed by atoms with van der Waals surface area (Å²) in [5.74, 6) is 1.78. The van der Waals surface area contributed by atoms with E-state index in [1.807, 2.05) is 0 Å². The lowest BCUT2D eigenvalue weighted by molar-refractivity contribution is 0.437. The molecule has 2 aromatic heterocycles. The minimum atomic E-state index is -0.693. The highest BCUT2D eigenvalue weighted by Crippen LogP contribution is 2.65. The summed E-state index contributed by atoms with van der Waals surface area (Å²) in [6.07, 6.45) is 0. The molecule has 0 unspecified atom stereocenters. The second-order valence-electron chi connectivity index (χ2n) is 14.0. The number of para-hydroxylation sites is 6. The Morgan fingerprint density at radius 2 is 0.885 bits per heavy atom. The van der Waals surface area contributed by atoms with Crippen LogP contribution in [0.25, 0.3) is 66.1 Å². The molecule has 3 nitrogen and oxygen atoms in total. The van der Waals surface area contributed by atoms with E-state index in [4.69, 9.17) is 4.74 Å². The van der Waals surface area contributed by atoms with Gasteiger partial charge in [0, 0.05) is 49.6 Å². The summed E-state index contributed by atoms with van der Waals surface area (Å²) < 4.78 is 11.8. The zero-order chi connectivity index (χ0) is 34.0. The van der Waals surface area contributed by atoms with E-state index in [1.165, 1.54) is 65.9 Å². The number of hydrogen-bond acceptors (Lipinski definition) is 1. The molecule has 242 valence electrons. The van der Waals surface area contributed by atoms with E-state index in [0.29, 0.717) is 0 Å². The van der Waals surface area contributed by atoms with Crippen molar-refractivity contribution >= 4 is 43.6 Å². The van der Waals surface area contributed by atoms with Crippen LogP contribution in [0.1, 0.15) is 22.3 Å². The average Bonchev–Trinajstić information content (AvgIpc) is 3.83. The highest BCUT2D eigenvalue weighted by molar-refractivity contribution is 6.19. The summed E-state index contributed by atoms with van der Waals surface area (Å²) in [4.78, 5) is 0. The molecule has 0 bridgehead atoms. The normalized spacial score (nSPS) is 13.7. The van der Waals surface area contributed by atoms with Crippen molar-refractivity contribution in [1.29, 1.82) is 0 Å². The number of nitrogens with zero attached hydrogens (tertiary/aromatic N) is 2. The summed E-state index contributed by atoms with van der Waals surface area (Å²) >= 11 is 0. The largest absolute Gasteiger partial charge is 0.457 e. The Hall–Kier alpha value is -6.84. The molecule has 12 rings (SSSR count). The first-order valence-corrected chi connectivity index (χ1v) is 18.0. The van der Waals surface area contributed by atoms with Crippen molar-refractivity contribution in [3.8, 4) is 34.0 Å². The van der Waals surface area contributed by atoms with Gasteiger partial charge in [-0.3, -0.25) is 0 Å². The first-order chi connectivity index (χ1) is 25.8. The monoisotopic (exact) mass is 662 g/mol. The Kier molecular flexibility index (Phi) is 5.43. The molecule has 0 radical (unpaired) electrons. The van der Waals surface area contributed by atoms with Gasteiger partial charge in [-0.25, -0.2) is 0 Å². The molecule has 0 fully saturated rings. The third-order valence-corrected chi connectivity index (χ3v) is 11.5. The number of rotatable bonds is 2. The SMILES string of the molecule is c1ccc(-n2c3ccccc3c3c4c(ccc32)-c2ccc3c5ccccc5n(-c5ccccc5)c3c2C42c3ccccc3Oc3ccccc32)cc1. The molecular formula is C49H30N2O. The first-order valence-electron chi connectivity index (χ1n) is 18.0. The van der Waals surface area contributed by atoms with Crippen LogP contribution in [0.15, 0.2) is 182 Å². The smallest absolute Gasteiger partial charge is 0.132 e. The van der Waals surface area contributed by atoms with Gasteiger partial charge in [-0.1, -0.05) is 127 Å². The number of fused-ring (bicyclic) bond motifs is 17. The van der Waals surface area contributed by atoms with E-state index in [0.717, 1.165) is 34.0 Å². The fraction of sp³-hybridized carbons (Fsp3) is 0.0204. The minimum absolute atomic E-state index is 0.693. The van der Waals surface area contributed by atoms with Crippen molar-refractivity contribution in [2.45, 2.75) is 5.41 Å². The fourth-order valence-electron chi connectivity index (χ4n) is 9.69. The van der Waals surface area contributed by atoms with Crippen LogP contribution < -0.4 is 4.74 Å². The molecular weight excluding hydrogens is 633 g/mol. The highest BCUT2D eigenvalue weighted by atomic mass is 16.5. The quantitative estimate of drug-likeness (QED) is 0.180. The third-order valence-electron chi connectivity index (χ3n) is 11.5. The lowest BCUT2D eigenvalue weighted by Crippen LogP contribution is -2.33. The van der Waals surface area contributed by atoms with Gasteiger partial charge in [0.25, 0.3) is 0 Å². The molecule has 0 N–H and O–H groups in total. The van der Waals surface area contributed by atoms with Crippen molar-refractivity contribution < 1.29 is 4.74 Å². The molecule has 3 heteroatoms. The maximum absolute atomic E-state index is 6.84. The van der Waals surface area contributed by atoms with Crippen molar-refractivity contribution in [2.75, 3.05) is 0 Å². The van der Waals surface area contributed by atoms with Gasteiger partial charge in [0.05, 0.1) is 27.5 Å². The maximum atomic E-state index is 6.84. The predicted octanol–water partition coefficient (Wildman–Crippen LogP) is 12.3. The summed E-state index contributed by atoms with van der Waals surface area (Å²) in [5, 5.41) is 5.01. The zero-order valence-corrected chi connectivity index (χ0v) is 28.1. The maximum Gasteiger partial charge on any atom is 0.132 e. The van der Waals surface area contributed by atoms with E-state index >= 15 is 0 Å². The van der Waals surface area contributed by atoms with E-state index in [2.05, 4.69) is 191 Å². The molecule has 3 heterocycles. The van der Waals surface area contributed by atoms with E-state index in [-0.39, 0.29) is 0 Å². The van der Waals surface area contributed by atoms with Crippen LogP contribution in [0.3, 0.4) is 0 Å². The van der Waals surface area contributed by atoms with Gasteiger partial charge in [0.15, 0.2) is 0 Å². The van der Waals surface area contributed by atoms with Crippen molar-refractivity contribution in [3.05, 3.63) is 204 Å². The third kappa shape index (κ3) is 3.36. The standard InChI is InChI=1S/C49H30N2O/c1-3-15-31(16-4-1)50-41-24-12-8-20-37(41)45-42(50)30-29-34-35-27-28-36-33-19-7-11-23-40(33)51(32-17-5-2-6-18-32)48(36)47(35)49(46(34)45)38-21-9-13-25-43(38)52-44-26-14-10-22-39(44)49/h1-30H. The van der Waals surface area contributed by atoms with Crippen LogP contribution in [-0.2, 0) is 5.41 Å². The van der Waals surface area contributed by atoms with Crippen LogP contribution in [-0.4, -0.2) is 9.13 Å². The zero-order valence-electron chi connectivity index (χ0n) is 28.1. The molecule has 8 aromatic carbocycles. The Morgan fingerprint density at radius 1 is 0.365 bits per heavy atom. The van der Waals surface area contributed by atoms with Gasteiger partial charge in [0.2, 0.25) is 0 Å². The second-order valence-corrected chi connectivity index (χ2v) is 14.0. The Balaban J connectivity index is 1.37. The van der Waals surface area contributed by atoms with Gasteiger partial charge < -0.3 is 13.9 Å². The van der Waals surface area contributed by atoms with Crippen LogP contribution in [0.2, 0.25) is 0 Å². The summed E-state index contributed by atoms with van der Waals surface area (Å²) in [5.41, 5.74) is 13.9. The van der Waals surface area contributed by atoms with Gasteiger partial charge in [0.1, 0.15) is 11.5 Å². The molecule has 10 aromatic rings. The molecule has 1 aliphatic carbocycles. The number of benzene rings is 8. The van der Waals surface area contributed by atoms with Crippen LogP contribution in [0, 0.1) is 0 Å². The topological polar surface area (TPSA) is 19.1 Å². The first kappa shape index (κ1) is 27.9. The molecule has 0 saturated heterocycles. The summed E-state index contributed by atoms with van der Waals surface area (Å²) in [6, 6.07) is 66.3. The summed E-state index contributed by atoms with van der Waals surface area (Å²) in [6.45, 7) is 0. The minimum Gasteiger partial charge on any atom is -0.457 e. The van der Waals surface area contributed by atoms with Crippen molar-refractivity contribution in [2.24, 2.45) is 0 Å². The van der Waals surface area contributed by atoms with Crippen LogP contribution >= 0.6 is 0 Å². The van der Waals surface area contributed by atoms with E-state index in [9.17, 15) is 0 Å². The second kappa shape index (κ2) is 10.1. The molecule has 1 spiro atoms. The van der Waals surface area contributed by atoms with Gasteiger partial charge >= 0.3 is 0 Å². The average molecular weight is 663 g/mol. The Morgan fingerprint density at radius 3 is 1.58 bits per heavy atom. The van der Waals surface area contributed by atoms with Crippen LogP contribution in [0.4, 0.5) is 0 Å². The fourth-order valence-corrected chi connectivity index (χ4v) is 9.69. The van der Waals surface area contributed by atoms with E-state index in [1.54, 1.807) is 0 Å². The molecule has 2 aliphatic rings. The predicted molar refractivity (Wildman–Crippen MR) is 212 cm³/mol. The van der Waals surface area contributed by atoms with Gasteiger partial charge in [-0.2, -0.15) is 0 Å². The summed E-state index contributed by atoms with van der Waals surface area (Å²) in [7, 11) is 0. The highest BCUT2D eigenvalue weighted by Gasteiger charge is 2.54. The number of hydrogen-bond donors (Lipinski definition) is 0. The van der Waals surface area contributed by atoms with E-state index < -0.39 is 5.41 Å². The number of aromatic nitrogens is 2. The molecule has 0 atom stereocenters. The lowest BCUT2D eigenvalue weighted by Gasteiger charge is -2.40. The van der Waals surface area contributed by atoms with Crippen molar-refractivity contribution in [1.82, 2.24) is 9.13 Å². The van der Waals surface area contributed by atoms with Crippen molar-refractivity contribution in [3.63, 3.8) is 0 Å². The molecule has 0 saturated carbocycles. The Bertz CT molecular complexity index is 3050. The molecule has 52 heavy (non-hydrogen) atoms. The van der Waals surface area contributed by atoms with Gasteiger partial charge in [-0.15, -0.1) is 0 Å². The Labute approximate surface area is 300 Å². The van der Waals surface area contributed by atoms with Gasteiger partial charge in [-0.05, 0) is 71.3 Å². The molecule has 0 amide bonds. The molecule has 1 aliphatic heterocycles. The van der Waals surface area contributed by atoms with Crippen LogP contribution in [0.5, 0.6) is 11.5 Å².